The monoisotopic (exact) mass is 310 g/mol. The number of hydrogen-bond acceptors (Lipinski definition) is 3. The van der Waals surface area contributed by atoms with Gasteiger partial charge < -0.3 is 15.4 Å². The molecule has 22 heavy (non-hydrogen) atoms. The first-order chi connectivity index (χ1) is 10.3. The third-order valence-corrected chi connectivity index (χ3v) is 4.47. The number of nitrogens with one attached hydrogen (secondary N) is 2. The Morgan fingerprint density at radius 3 is 2.41 bits per heavy atom. The van der Waals surface area contributed by atoms with Gasteiger partial charge >= 0.3 is 6.09 Å². The van der Waals surface area contributed by atoms with Crippen molar-refractivity contribution in [2.75, 3.05) is 13.1 Å². The average Bonchev–Trinajstić information content (AvgIpc) is 2.47. The number of amides is 1. The second-order valence-electron chi connectivity index (χ2n) is 7.37. The maximum Gasteiger partial charge on any atom is 0.407 e. The zero-order valence-corrected chi connectivity index (χ0v) is 15.0. The third-order valence-electron chi connectivity index (χ3n) is 4.47. The quantitative estimate of drug-likeness (QED) is 0.698. The molecule has 0 saturated carbocycles. The third kappa shape index (κ3) is 6.82. The maximum absolute atomic E-state index is 11.9. The molecule has 1 aliphatic rings. The van der Waals surface area contributed by atoms with Crippen LogP contribution < -0.4 is 10.6 Å². The zero-order chi connectivity index (χ0) is 16.6. The Hall–Kier alpha value is -1.03. The van der Waals surface area contributed by atoms with E-state index in [9.17, 15) is 4.79 Å². The SMILES string of the molecule is CCC(CC)(CNC(=O)OC(C)(C)C)NCC1CC=CCC1. The second kappa shape index (κ2) is 8.56. The van der Waals surface area contributed by atoms with Crippen LogP contribution in [0.5, 0.6) is 0 Å². The van der Waals surface area contributed by atoms with E-state index in [-0.39, 0.29) is 11.6 Å². The van der Waals surface area contributed by atoms with Crippen molar-refractivity contribution in [1.82, 2.24) is 10.6 Å². The maximum atomic E-state index is 11.9. The van der Waals surface area contributed by atoms with E-state index >= 15 is 0 Å². The van der Waals surface area contributed by atoms with E-state index < -0.39 is 5.60 Å². The molecule has 0 aliphatic heterocycles. The summed E-state index contributed by atoms with van der Waals surface area (Å²) in [6, 6.07) is 0. The Bertz CT molecular complexity index is 368. The number of allylic oxidation sites excluding steroid dienone is 2. The minimum Gasteiger partial charge on any atom is -0.444 e. The number of carbonyl (C=O) groups is 1. The summed E-state index contributed by atoms with van der Waals surface area (Å²) in [6.07, 6.45) is 9.81. The van der Waals surface area contributed by atoms with Crippen molar-refractivity contribution in [2.24, 2.45) is 5.92 Å². The van der Waals surface area contributed by atoms with Crippen molar-refractivity contribution in [3.63, 3.8) is 0 Å². The molecule has 128 valence electrons. The summed E-state index contributed by atoms with van der Waals surface area (Å²) >= 11 is 0. The Morgan fingerprint density at radius 2 is 1.91 bits per heavy atom. The highest BCUT2D eigenvalue weighted by molar-refractivity contribution is 5.67. The molecule has 0 aromatic carbocycles. The van der Waals surface area contributed by atoms with Gasteiger partial charge in [-0.05, 0) is 65.3 Å². The first-order valence-electron chi connectivity index (χ1n) is 8.67. The van der Waals surface area contributed by atoms with E-state index in [1.165, 1.54) is 12.8 Å². The van der Waals surface area contributed by atoms with Crippen molar-refractivity contribution in [2.45, 2.75) is 77.9 Å². The molecule has 0 heterocycles. The molecule has 1 aliphatic carbocycles. The minimum absolute atomic E-state index is 0.0436. The Kier molecular flexibility index (Phi) is 7.40. The van der Waals surface area contributed by atoms with Gasteiger partial charge in [0.2, 0.25) is 0 Å². The van der Waals surface area contributed by atoms with Gasteiger partial charge in [0.25, 0.3) is 0 Å². The van der Waals surface area contributed by atoms with Gasteiger partial charge in [-0.25, -0.2) is 4.79 Å². The molecule has 1 atom stereocenters. The number of hydrogen-bond donors (Lipinski definition) is 2. The van der Waals surface area contributed by atoms with Crippen molar-refractivity contribution >= 4 is 6.09 Å². The summed E-state index contributed by atoms with van der Waals surface area (Å²) in [5, 5.41) is 6.65. The van der Waals surface area contributed by atoms with Gasteiger partial charge in [-0.2, -0.15) is 0 Å². The minimum atomic E-state index is -0.451. The summed E-state index contributed by atoms with van der Waals surface area (Å²) in [5.74, 6) is 0.712. The fraction of sp³-hybridized carbons (Fsp3) is 0.833. The summed E-state index contributed by atoms with van der Waals surface area (Å²) in [7, 11) is 0. The van der Waals surface area contributed by atoms with Gasteiger partial charge in [-0.1, -0.05) is 26.0 Å². The van der Waals surface area contributed by atoms with Crippen LogP contribution in [0.4, 0.5) is 4.79 Å². The molecular weight excluding hydrogens is 276 g/mol. The lowest BCUT2D eigenvalue weighted by atomic mass is 9.89. The number of alkyl carbamates (subject to hydrolysis) is 1. The van der Waals surface area contributed by atoms with Crippen LogP contribution in [0.1, 0.15) is 66.7 Å². The molecule has 1 unspecified atom stereocenters. The van der Waals surface area contributed by atoms with Crippen molar-refractivity contribution in [3.05, 3.63) is 12.2 Å². The Balaban J connectivity index is 2.47. The molecule has 0 spiro atoms. The van der Waals surface area contributed by atoms with Crippen LogP contribution in [0.3, 0.4) is 0 Å². The smallest absolute Gasteiger partial charge is 0.407 e. The molecule has 0 bridgehead atoms. The number of carbonyl (C=O) groups excluding carboxylic acids is 1. The lowest BCUT2D eigenvalue weighted by Gasteiger charge is -2.35. The van der Waals surface area contributed by atoms with E-state index in [0.717, 1.165) is 25.8 Å². The van der Waals surface area contributed by atoms with E-state index in [1.807, 2.05) is 20.8 Å². The molecule has 2 N–H and O–H groups in total. The normalized spacial score (nSPS) is 19.0. The van der Waals surface area contributed by atoms with E-state index in [4.69, 9.17) is 4.74 Å². The summed E-state index contributed by atoms with van der Waals surface area (Å²) in [5.41, 5.74) is -0.495. The molecule has 4 nitrogen and oxygen atoms in total. The van der Waals surface area contributed by atoms with Crippen LogP contribution in [0, 0.1) is 5.92 Å². The van der Waals surface area contributed by atoms with Crippen LogP contribution >= 0.6 is 0 Å². The zero-order valence-electron chi connectivity index (χ0n) is 15.0. The molecule has 1 rings (SSSR count). The molecule has 0 aromatic rings. The van der Waals surface area contributed by atoms with Crippen molar-refractivity contribution in [3.8, 4) is 0 Å². The Labute approximate surface area is 136 Å². The highest BCUT2D eigenvalue weighted by atomic mass is 16.6. The second-order valence-corrected chi connectivity index (χ2v) is 7.37. The standard InChI is InChI=1S/C18H34N2O2/c1-6-18(7-2,14-19-16(21)22-17(3,4)5)20-13-15-11-9-8-10-12-15/h8-9,15,20H,6-7,10-14H2,1-5H3,(H,19,21). The first-order valence-corrected chi connectivity index (χ1v) is 8.67. The van der Waals surface area contributed by atoms with Crippen LogP contribution in [-0.2, 0) is 4.74 Å². The molecule has 0 saturated heterocycles. The highest BCUT2D eigenvalue weighted by Gasteiger charge is 2.28. The van der Waals surface area contributed by atoms with Gasteiger partial charge in [0, 0.05) is 12.1 Å². The predicted molar refractivity (Wildman–Crippen MR) is 92.0 cm³/mol. The molecular formula is C18H34N2O2. The first kappa shape index (κ1) is 19.0. The van der Waals surface area contributed by atoms with Gasteiger partial charge in [0.15, 0.2) is 0 Å². The van der Waals surface area contributed by atoms with Gasteiger partial charge in [-0.3, -0.25) is 0 Å². The van der Waals surface area contributed by atoms with Crippen LogP contribution in [-0.4, -0.2) is 30.3 Å². The fourth-order valence-corrected chi connectivity index (χ4v) is 2.77. The van der Waals surface area contributed by atoms with Crippen molar-refractivity contribution < 1.29 is 9.53 Å². The lowest BCUT2D eigenvalue weighted by molar-refractivity contribution is 0.0506. The fourth-order valence-electron chi connectivity index (χ4n) is 2.77. The summed E-state index contributed by atoms with van der Waals surface area (Å²) in [4.78, 5) is 11.9. The van der Waals surface area contributed by atoms with E-state index in [1.54, 1.807) is 0 Å². The van der Waals surface area contributed by atoms with E-state index in [0.29, 0.717) is 12.5 Å². The van der Waals surface area contributed by atoms with Gasteiger partial charge in [0.05, 0.1) is 0 Å². The summed E-state index contributed by atoms with van der Waals surface area (Å²) in [6.45, 7) is 11.6. The van der Waals surface area contributed by atoms with Crippen LogP contribution in [0.2, 0.25) is 0 Å². The largest absolute Gasteiger partial charge is 0.444 e. The topological polar surface area (TPSA) is 50.4 Å². The molecule has 0 aromatic heterocycles. The highest BCUT2D eigenvalue weighted by Crippen LogP contribution is 2.20. The van der Waals surface area contributed by atoms with Crippen molar-refractivity contribution in [1.29, 1.82) is 0 Å². The number of ether oxygens (including phenoxy) is 1. The van der Waals surface area contributed by atoms with Crippen LogP contribution in [0.15, 0.2) is 12.2 Å². The van der Waals surface area contributed by atoms with Crippen LogP contribution in [0.25, 0.3) is 0 Å². The average molecular weight is 310 g/mol. The molecule has 0 radical (unpaired) electrons. The Morgan fingerprint density at radius 1 is 1.23 bits per heavy atom. The molecule has 0 fully saturated rings. The van der Waals surface area contributed by atoms with Gasteiger partial charge in [0.1, 0.15) is 5.60 Å². The lowest BCUT2D eigenvalue weighted by Crippen LogP contribution is -2.54. The molecule has 4 heteroatoms. The predicted octanol–water partition coefficient (Wildman–Crippen LogP) is 4.02. The summed E-state index contributed by atoms with van der Waals surface area (Å²) < 4.78 is 5.33. The number of rotatable bonds is 7. The molecule has 1 amide bonds. The van der Waals surface area contributed by atoms with E-state index in [2.05, 4.69) is 36.6 Å². The van der Waals surface area contributed by atoms with Gasteiger partial charge in [-0.15, -0.1) is 0 Å².